The fraction of sp³-hybridized carbons (Fsp3) is 0.154. The maximum absolute atomic E-state index is 13.9. The van der Waals surface area contributed by atoms with Gasteiger partial charge in [-0.15, -0.1) is 5.10 Å². The molecule has 3 heterocycles. The van der Waals surface area contributed by atoms with E-state index in [9.17, 15) is 4.39 Å². The van der Waals surface area contributed by atoms with Crippen molar-refractivity contribution in [3.8, 4) is 5.75 Å². The smallest absolute Gasteiger partial charge is 0.227 e. The van der Waals surface area contributed by atoms with E-state index >= 15 is 0 Å². The summed E-state index contributed by atoms with van der Waals surface area (Å²) in [5, 5.41) is 9.51. The molecule has 1 aromatic heterocycles. The van der Waals surface area contributed by atoms with Crippen molar-refractivity contribution in [3.05, 3.63) is 105 Å². The van der Waals surface area contributed by atoms with Gasteiger partial charge in [0.2, 0.25) is 11.1 Å². The third kappa shape index (κ3) is 3.47. The SMILES string of the molecule is CSc1nc2n(n1)[C@@H](c1ccc(F)cc1)C1=C(N2)c2cc(Cl)ccc2O[C@H]1c1ccc(C)cc1. The van der Waals surface area contributed by atoms with Crippen LogP contribution in [0.5, 0.6) is 5.75 Å². The van der Waals surface area contributed by atoms with Crippen molar-refractivity contribution in [1.29, 1.82) is 0 Å². The van der Waals surface area contributed by atoms with Crippen LogP contribution in [0.25, 0.3) is 5.70 Å². The third-order valence-electron chi connectivity index (χ3n) is 6.16. The first-order chi connectivity index (χ1) is 16.5. The van der Waals surface area contributed by atoms with Crippen LogP contribution in [0.2, 0.25) is 5.02 Å². The normalized spacial score (nSPS) is 18.5. The molecule has 0 radical (unpaired) electrons. The lowest BCUT2D eigenvalue weighted by atomic mass is 9.84. The summed E-state index contributed by atoms with van der Waals surface area (Å²) in [6.45, 7) is 2.06. The maximum Gasteiger partial charge on any atom is 0.227 e. The minimum absolute atomic E-state index is 0.289. The summed E-state index contributed by atoms with van der Waals surface area (Å²) in [5.74, 6) is 1.06. The number of hydrogen-bond acceptors (Lipinski definition) is 5. The number of thioether (sulfide) groups is 1. The molecule has 8 heteroatoms. The second-order valence-corrected chi connectivity index (χ2v) is 9.53. The molecule has 170 valence electrons. The van der Waals surface area contributed by atoms with E-state index in [0.717, 1.165) is 33.7 Å². The summed E-state index contributed by atoms with van der Waals surface area (Å²) in [6.07, 6.45) is 1.55. The minimum atomic E-state index is -0.387. The zero-order valence-electron chi connectivity index (χ0n) is 18.4. The van der Waals surface area contributed by atoms with Crippen LogP contribution >= 0.6 is 23.4 Å². The van der Waals surface area contributed by atoms with Gasteiger partial charge in [-0.3, -0.25) is 0 Å². The molecule has 6 rings (SSSR count). The van der Waals surface area contributed by atoms with Gasteiger partial charge in [0.05, 0.1) is 5.70 Å². The van der Waals surface area contributed by atoms with Gasteiger partial charge in [-0.25, -0.2) is 9.07 Å². The van der Waals surface area contributed by atoms with Crippen molar-refractivity contribution in [1.82, 2.24) is 14.8 Å². The van der Waals surface area contributed by atoms with Crippen LogP contribution in [0.1, 0.15) is 34.4 Å². The van der Waals surface area contributed by atoms with Crippen molar-refractivity contribution < 1.29 is 9.13 Å². The molecule has 0 unspecified atom stereocenters. The molecule has 0 saturated carbocycles. The molecule has 2 aliphatic heterocycles. The average Bonchev–Trinajstić information content (AvgIpc) is 3.27. The summed E-state index contributed by atoms with van der Waals surface area (Å²) < 4.78 is 22.3. The molecule has 4 aromatic rings. The maximum atomic E-state index is 13.9. The molecule has 34 heavy (non-hydrogen) atoms. The van der Waals surface area contributed by atoms with Crippen molar-refractivity contribution in [3.63, 3.8) is 0 Å². The molecule has 0 amide bonds. The Morgan fingerprint density at radius 1 is 1.03 bits per heavy atom. The third-order valence-corrected chi connectivity index (χ3v) is 6.94. The fourth-order valence-corrected chi connectivity index (χ4v) is 5.07. The van der Waals surface area contributed by atoms with Crippen LogP contribution in [0.3, 0.4) is 0 Å². The number of rotatable bonds is 3. The highest BCUT2D eigenvalue weighted by atomic mass is 35.5. The predicted molar refractivity (Wildman–Crippen MR) is 133 cm³/mol. The monoisotopic (exact) mass is 490 g/mol. The van der Waals surface area contributed by atoms with Crippen molar-refractivity contribution in [2.75, 3.05) is 11.6 Å². The number of nitrogens with one attached hydrogen (secondary N) is 1. The molecule has 0 spiro atoms. The summed E-state index contributed by atoms with van der Waals surface area (Å²) in [7, 11) is 0. The standard InChI is InChI=1S/C26H20ClFN4OS/c1-14-3-5-16(6-4-14)24-21-22(19-13-17(27)9-12-20(19)33-24)29-25-30-26(34-2)31-32(25)23(21)15-7-10-18(28)11-8-15/h3-13,23-24H,1-2H3,(H,29,30,31)/t23-,24-/m0/s1. The van der Waals surface area contributed by atoms with Gasteiger partial charge in [0.1, 0.15) is 23.7 Å². The molecule has 0 aliphatic carbocycles. The van der Waals surface area contributed by atoms with Gasteiger partial charge >= 0.3 is 0 Å². The van der Waals surface area contributed by atoms with Crippen molar-refractivity contribution in [2.24, 2.45) is 0 Å². The van der Waals surface area contributed by atoms with Crippen LogP contribution in [-0.2, 0) is 0 Å². The zero-order chi connectivity index (χ0) is 23.4. The lowest BCUT2D eigenvalue weighted by Gasteiger charge is -2.39. The minimum Gasteiger partial charge on any atom is -0.480 e. The Balaban J connectivity index is 1.63. The van der Waals surface area contributed by atoms with Gasteiger partial charge in [0.25, 0.3) is 0 Å². The molecule has 2 aliphatic rings. The van der Waals surface area contributed by atoms with Crippen LogP contribution in [0.4, 0.5) is 10.3 Å². The highest BCUT2D eigenvalue weighted by Crippen LogP contribution is 2.51. The van der Waals surface area contributed by atoms with Gasteiger partial charge in [-0.05, 0) is 54.6 Å². The van der Waals surface area contributed by atoms with Crippen LogP contribution < -0.4 is 10.1 Å². The molecule has 0 bridgehead atoms. The molecular weight excluding hydrogens is 471 g/mol. The molecular formula is C26H20ClFN4OS. The Labute approximate surface area is 205 Å². The van der Waals surface area contributed by atoms with Crippen LogP contribution in [-0.4, -0.2) is 21.0 Å². The average molecular weight is 491 g/mol. The fourth-order valence-electron chi connectivity index (χ4n) is 4.55. The van der Waals surface area contributed by atoms with Gasteiger partial charge in [-0.1, -0.05) is 65.3 Å². The van der Waals surface area contributed by atoms with E-state index in [1.165, 1.54) is 29.5 Å². The Morgan fingerprint density at radius 3 is 2.50 bits per heavy atom. The number of aryl methyl sites for hydroxylation is 1. The first-order valence-corrected chi connectivity index (χ1v) is 12.4. The number of benzene rings is 3. The highest BCUT2D eigenvalue weighted by Gasteiger charge is 2.41. The molecule has 0 fully saturated rings. The second kappa shape index (κ2) is 8.18. The Bertz CT molecular complexity index is 1430. The lowest BCUT2D eigenvalue weighted by molar-refractivity contribution is 0.223. The Kier molecular flexibility index (Phi) is 5.12. The Morgan fingerprint density at radius 2 is 1.76 bits per heavy atom. The summed E-state index contributed by atoms with van der Waals surface area (Å²) in [4.78, 5) is 4.68. The number of hydrogen-bond donors (Lipinski definition) is 1. The predicted octanol–water partition coefficient (Wildman–Crippen LogP) is 6.66. The Hall–Kier alpha value is -3.29. The quantitative estimate of drug-likeness (QED) is 0.325. The van der Waals surface area contributed by atoms with Crippen LogP contribution in [0.15, 0.2) is 77.5 Å². The first kappa shape index (κ1) is 21.3. The van der Waals surface area contributed by atoms with E-state index in [4.69, 9.17) is 21.4 Å². The van der Waals surface area contributed by atoms with Crippen molar-refractivity contribution in [2.45, 2.75) is 24.2 Å². The molecule has 5 nitrogen and oxygen atoms in total. The molecule has 3 aromatic carbocycles. The van der Waals surface area contributed by atoms with Gasteiger partial charge in [0, 0.05) is 16.2 Å². The number of halogens is 2. The number of nitrogens with zero attached hydrogens (tertiary/aromatic N) is 3. The topological polar surface area (TPSA) is 52.0 Å². The van der Waals surface area contributed by atoms with E-state index < -0.39 is 0 Å². The highest BCUT2D eigenvalue weighted by molar-refractivity contribution is 7.98. The van der Waals surface area contributed by atoms with E-state index in [1.807, 2.05) is 29.1 Å². The lowest BCUT2D eigenvalue weighted by Crippen LogP contribution is -2.32. The van der Waals surface area contributed by atoms with E-state index in [1.54, 1.807) is 12.1 Å². The first-order valence-electron chi connectivity index (χ1n) is 10.8. The summed E-state index contributed by atoms with van der Waals surface area (Å²) in [5.41, 5.74) is 5.78. The largest absolute Gasteiger partial charge is 0.480 e. The van der Waals surface area contributed by atoms with Crippen LogP contribution in [0, 0.1) is 12.7 Å². The van der Waals surface area contributed by atoms with Crippen molar-refractivity contribution >= 4 is 35.0 Å². The number of fused-ring (bicyclic) bond motifs is 3. The van der Waals surface area contributed by atoms with Gasteiger partial charge in [0.15, 0.2) is 0 Å². The van der Waals surface area contributed by atoms with E-state index in [2.05, 4.69) is 41.5 Å². The van der Waals surface area contributed by atoms with E-state index in [-0.39, 0.29) is 18.0 Å². The summed E-state index contributed by atoms with van der Waals surface area (Å²) >= 11 is 7.86. The summed E-state index contributed by atoms with van der Waals surface area (Å²) in [6, 6.07) is 20.1. The second-order valence-electron chi connectivity index (χ2n) is 8.33. The van der Waals surface area contributed by atoms with Gasteiger partial charge < -0.3 is 10.1 Å². The van der Waals surface area contributed by atoms with Gasteiger partial charge in [-0.2, -0.15) is 4.98 Å². The number of aromatic nitrogens is 3. The zero-order valence-corrected chi connectivity index (χ0v) is 20.0. The van der Waals surface area contributed by atoms with E-state index in [0.29, 0.717) is 16.1 Å². The number of anilines is 1. The molecule has 0 saturated heterocycles. The molecule has 2 atom stereocenters. The molecule has 1 N–H and O–H groups in total. The number of ether oxygens (including phenoxy) is 1.